The largest absolute Gasteiger partial charge is 0.394 e. The summed E-state index contributed by atoms with van der Waals surface area (Å²) in [4.78, 5) is 3.85. The summed E-state index contributed by atoms with van der Waals surface area (Å²) in [7, 11) is 0. The monoisotopic (exact) mass is 1160 g/mol. The molecule has 0 aromatic heterocycles. The number of nitrogens with zero attached hydrogens (tertiary/aromatic N) is 1. The fourth-order valence-corrected chi connectivity index (χ4v) is 10.6. The molecule has 0 amide bonds. The molecule has 21 heterocycles. The zero-order chi connectivity index (χ0) is 57.6. The molecule has 21 rings (SSSR count). The van der Waals surface area contributed by atoms with Crippen molar-refractivity contribution < 1.29 is 163 Å². The van der Waals surface area contributed by atoms with Crippen LogP contribution in [0.3, 0.4) is 0 Å². The highest BCUT2D eigenvalue weighted by Crippen LogP contribution is 2.39. The Bertz CT molecular complexity index is 1950. The van der Waals surface area contributed by atoms with Crippen LogP contribution in [0.25, 0.3) is 0 Å². The van der Waals surface area contributed by atoms with Crippen LogP contribution in [0, 0.1) is 0 Å². The Kier molecular flexibility index (Phi) is 21.1. The molecule has 0 saturated carbocycles. The van der Waals surface area contributed by atoms with Gasteiger partial charge in [0.15, 0.2) is 50.0 Å². The van der Waals surface area contributed by atoms with E-state index in [0.717, 1.165) is 0 Å². The average molecular weight is 1160 g/mol. The lowest BCUT2D eigenvalue weighted by atomic mass is 9.95. The van der Waals surface area contributed by atoms with Crippen molar-refractivity contribution in [2.24, 2.45) is 16.5 Å². The van der Waals surface area contributed by atoms with Crippen LogP contribution in [-0.2, 0) is 66.3 Å². The quantitative estimate of drug-likeness (QED) is 0.0831. The van der Waals surface area contributed by atoms with Crippen LogP contribution in [-0.4, -0.2) is 358 Å². The maximum atomic E-state index is 11.6. The number of aliphatic imine (C=N–C) groups is 1. The molecule has 14 bridgehead atoms. The summed E-state index contributed by atoms with van der Waals surface area (Å²) in [5.74, 6) is -0.533. The Hall–Kier alpha value is -2.05. The van der Waals surface area contributed by atoms with Gasteiger partial charge in [-0.05, 0) is 6.92 Å². The summed E-state index contributed by atoms with van der Waals surface area (Å²) in [5.41, 5.74) is 11.1. The van der Waals surface area contributed by atoms with Crippen LogP contribution >= 0.6 is 0 Å². The van der Waals surface area contributed by atoms with Crippen molar-refractivity contribution in [1.82, 2.24) is 0 Å². The van der Waals surface area contributed by atoms with Gasteiger partial charge in [0.1, 0.15) is 165 Å². The molecule has 35 atom stereocenters. The standard InChI is InChI=1S/C43H73N3O33/c1-8-29-15(52)22(59)36(66-8)75-31-10(3-47)70-40(26(63)18(31)55)79-35-14(7-51)72-42(28(65)21(35)58)78-34-13(6-50)69-39(25(62)19(34)56)74-30-9(2-46-43(44)45)67-37(23(60)16(30)53)76-32-12(5-49)71-41(27(64)20(32)57)77-33-11(4-48)68-38(73-29)24(61)17(33)54/h8-42,47-65H,2-7H2,1H3,(H4,44,45,46)/t8-,9+,10+,11-,12-,13+,14+,15-,16-,17+,18-,19+,20+,21-,22-,23+,24-,25+,26-,27+,28-,29-,30-,31-,32-,33-,34-,35-,36-,37-,38-,39-,40-,41-,42-/m1/s1. The summed E-state index contributed by atoms with van der Waals surface area (Å²) in [6.07, 6.45) is -68.3. The van der Waals surface area contributed by atoms with Crippen molar-refractivity contribution in [2.45, 2.75) is 222 Å². The molecule has 0 unspecified atom stereocenters. The van der Waals surface area contributed by atoms with Gasteiger partial charge in [0.25, 0.3) is 0 Å². The van der Waals surface area contributed by atoms with Gasteiger partial charge in [0.2, 0.25) is 0 Å². The molecule has 21 aliphatic rings. The van der Waals surface area contributed by atoms with Gasteiger partial charge in [-0.3, -0.25) is 4.99 Å². The van der Waals surface area contributed by atoms with E-state index in [1.54, 1.807) is 0 Å². The van der Waals surface area contributed by atoms with Gasteiger partial charge in [0, 0.05) is 0 Å². The summed E-state index contributed by atoms with van der Waals surface area (Å²) in [5, 5.41) is 211. The minimum absolute atomic E-state index is 0.533. The second kappa shape index (κ2) is 26.5. The number of hydrogen-bond donors (Lipinski definition) is 21. The predicted molar refractivity (Wildman–Crippen MR) is 241 cm³/mol. The second-order valence-corrected chi connectivity index (χ2v) is 20.2. The first-order chi connectivity index (χ1) is 37.5. The van der Waals surface area contributed by atoms with Crippen molar-refractivity contribution in [2.75, 3.05) is 39.6 Å². The normalized spacial score (nSPS) is 54.2. The zero-order valence-electron chi connectivity index (χ0n) is 41.8. The Morgan fingerprint density at radius 2 is 0.468 bits per heavy atom. The van der Waals surface area contributed by atoms with Crippen LogP contribution in [0.15, 0.2) is 4.99 Å². The van der Waals surface area contributed by atoms with Gasteiger partial charge in [-0.15, -0.1) is 0 Å². The summed E-state index contributed by atoms with van der Waals surface area (Å²) < 4.78 is 80.6. The van der Waals surface area contributed by atoms with E-state index >= 15 is 0 Å². The molecular weight excluding hydrogens is 1090 g/mol. The first-order valence-corrected chi connectivity index (χ1v) is 25.3. The van der Waals surface area contributed by atoms with Crippen molar-refractivity contribution in [3.05, 3.63) is 0 Å². The minimum Gasteiger partial charge on any atom is -0.394 e. The molecule has 21 fully saturated rings. The third-order valence-electron chi connectivity index (χ3n) is 15.0. The molecule has 458 valence electrons. The first-order valence-electron chi connectivity index (χ1n) is 25.3. The molecule has 0 aliphatic carbocycles. The highest BCUT2D eigenvalue weighted by molar-refractivity contribution is 5.75. The Labute approximate surface area is 446 Å². The number of guanidine groups is 1. The Morgan fingerprint density at radius 3 is 0.696 bits per heavy atom. The van der Waals surface area contributed by atoms with E-state index < -0.39 is 260 Å². The van der Waals surface area contributed by atoms with Gasteiger partial charge in [-0.25, -0.2) is 0 Å². The van der Waals surface area contributed by atoms with E-state index in [0.29, 0.717) is 0 Å². The van der Waals surface area contributed by atoms with Gasteiger partial charge in [0.05, 0.1) is 45.7 Å². The number of ether oxygens (including phenoxy) is 14. The fraction of sp³-hybridized carbons (Fsp3) is 0.977. The summed E-state index contributed by atoms with van der Waals surface area (Å²) in [6, 6.07) is 0. The third kappa shape index (κ3) is 12.7. The maximum absolute atomic E-state index is 11.6. The van der Waals surface area contributed by atoms with E-state index in [4.69, 9.17) is 77.8 Å². The van der Waals surface area contributed by atoms with Crippen molar-refractivity contribution in [3.63, 3.8) is 0 Å². The second-order valence-electron chi connectivity index (χ2n) is 20.2. The zero-order valence-corrected chi connectivity index (χ0v) is 41.8. The fourth-order valence-electron chi connectivity index (χ4n) is 10.6. The van der Waals surface area contributed by atoms with E-state index in [9.17, 15) is 97.0 Å². The van der Waals surface area contributed by atoms with Gasteiger partial charge in [-0.1, -0.05) is 0 Å². The van der Waals surface area contributed by atoms with E-state index in [-0.39, 0.29) is 0 Å². The molecule has 0 radical (unpaired) electrons. The number of rotatable bonds is 7. The van der Waals surface area contributed by atoms with E-state index in [2.05, 4.69) is 4.99 Å². The Balaban J connectivity index is 1.09. The van der Waals surface area contributed by atoms with E-state index in [1.807, 2.05) is 0 Å². The highest BCUT2D eigenvalue weighted by atomic mass is 16.8. The molecular formula is C43H73N3O33. The molecule has 21 aliphatic heterocycles. The molecule has 21 saturated heterocycles. The van der Waals surface area contributed by atoms with Crippen LogP contribution in [0.2, 0.25) is 0 Å². The molecule has 79 heavy (non-hydrogen) atoms. The number of hydrogen-bond acceptors (Lipinski definition) is 34. The SMILES string of the molecule is C[C@H]1O[C@@H]2O[C@H]3[C@H](O)[C@@H](O)[C@@H](O[C@H]4[C@H](O)[C@@H](O)[C@@H](O[C@H]5[C@@H](O)[C@H](O)[C@@H](O[C@H]6[C@H](O)[C@H](O)[C@@H](O[C@H]7[C@@H](O)[C@H](O)[C@@H](O[C@H]8[C@@H](O)[C@@H](O)[C@@H](O[C@H]1[C@H](O)[C@H]2O)O[C@@H]8CO)O[C@@H]7CO)O[C@H]6CN=C(N)N)O[C@H]5CO)O[C@H]4CO)O[C@H]3CO. The van der Waals surface area contributed by atoms with Crippen molar-refractivity contribution in [3.8, 4) is 0 Å². The van der Waals surface area contributed by atoms with Gasteiger partial charge in [-0.2, -0.15) is 0 Å². The first kappa shape index (κ1) is 63.0. The molecule has 23 N–H and O–H groups in total. The maximum Gasteiger partial charge on any atom is 0.187 e. The van der Waals surface area contributed by atoms with Crippen LogP contribution in [0.4, 0.5) is 0 Å². The molecule has 0 spiro atoms. The number of aliphatic hydroxyl groups is 19. The van der Waals surface area contributed by atoms with Crippen LogP contribution in [0.5, 0.6) is 0 Å². The summed E-state index contributed by atoms with van der Waals surface area (Å²) >= 11 is 0. The molecule has 36 nitrogen and oxygen atoms in total. The topological polar surface area (TPSA) is 578 Å². The number of aliphatic hydroxyl groups excluding tert-OH is 19. The molecule has 0 aromatic carbocycles. The predicted octanol–water partition coefficient (Wildman–Crippen LogP) is -14.9. The lowest BCUT2D eigenvalue weighted by molar-refractivity contribution is -0.395. The smallest absolute Gasteiger partial charge is 0.187 e. The summed E-state index contributed by atoms with van der Waals surface area (Å²) in [6.45, 7) is -4.44. The molecule has 0 aromatic rings. The minimum atomic E-state index is -2.21. The van der Waals surface area contributed by atoms with Crippen molar-refractivity contribution >= 4 is 5.96 Å². The average Bonchev–Trinajstić information content (AvgIpc) is 3.47. The Morgan fingerprint density at radius 1 is 0.278 bits per heavy atom. The molecule has 36 heteroatoms. The lowest BCUT2D eigenvalue weighted by Crippen LogP contribution is -2.68. The van der Waals surface area contributed by atoms with Gasteiger partial charge < -0.3 is 175 Å². The van der Waals surface area contributed by atoms with Crippen molar-refractivity contribution in [1.29, 1.82) is 0 Å². The lowest BCUT2D eigenvalue weighted by Gasteiger charge is -2.50. The van der Waals surface area contributed by atoms with Gasteiger partial charge >= 0.3 is 0 Å². The highest BCUT2D eigenvalue weighted by Gasteiger charge is 2.59. The van der Waals surface area contributed by atoms with Crippen LogP contribution < -0.4 is 11.5 Å². The van der Waals surface area contributed by atoms with Crippen LogP contribution in [0.1, 0.15) is 6.92 Å². The number of nitrogens with two attached hydrogens (primary N) is 2. The van der Waals surface area contributed by atoms with E-state index in [1.165, 1.54) is 6.92 Å². The third-order valence-corrected chi connectivity index (χ3v) is 15.0.